The molecule has 0 unspecified atom stereocenters. The smallest absolute Gasteiger partial charge is 0.271 e. The molecular weight excluding hydrogens is 674 g/mol. The maximum Gasteiger partial charge on any atom is 0.271 e. The molecule has 3 aromatic carbocycles. The Bertz CT molecular complexity index is 2140. The van der Waals surface area contributed by atoms with E-state index in [-0.39, 0.29) is 22.7 Å². The lowest BCUT2D eigenvalue weighted by atomic mass is 10.0. The fraction of sp³-hybridized carbons (Fsp3) is 0.308. The Morgan fingerprint density at radius 2 is 1.81 bits per heavy atom. The summed E-state index contributed by atoms with van der Waals surface area (Å²) < 4.78 is 59.0. The summed E-state index contributed by atoms with van der Waals surface area (Å²) in [5.74, 6) is 0.0963. The van der Waals surface area contributed by atoms with E-state index in [1.54, 1.807) is 37.7 Å². The minimum atomic E-state index is -0.774. The molecule has 1 amide bonds. The van der Waals surface area contributed by atoms with Crippen molar-refractivity contribution in [3.63, 3.8) is 0 Å². The SMILES string of the molecule is COc1cc2c(Oc3ccc(NC(=O)c4c5c(cn(-c6ccc(F)cc6)c4=O)CCO5)cc3F)ccnc2cc1OCCCNCC1CCOCC1. The molecule has 2 N–H and O–H groups in total. The van der Waals surface area contributed by atoms with Crippen molar-refractivity contribution in [3.05, 3.63) is 106 Å². The number of rotatable bonds is 13. The zero-order valence-corrected chi connectivity index (χ0v) is 28.6. The maximum atomic E-state index is 15.5. The molecular formula is C39H38F2N4O7. The predicted octanol–water partition coefficient (Wildman–Crippen LogP) is 6.44. The van der Waals surface area contributed by atoms with Crippen LogP contribution in [-0.2, 0) is 11.2 Å². The molecule has 52 heavy (non-hydrogen) atoms. The number of carbonyl (C=O) groups is 1. The van der Waals surface area contributed by atoms with E-state index in [1.807, 2.05) is 0 Å². The van der Waals surface area contributed by atoms with Gasteiger partial charge in [-0.1, -0.05) is 0 Å². The molecule has 5 aromatic rings. The van der Waals surface area contributed by atoms with E-state index >= 15 is 4.39 Å². The van der Waals surface area contributed by atoms with Crippen molar-refractivity contribution in [2.24, 2.45) is 5.92 Å². The number of carbonyl (C=O) groups excluding carboxylic acids is 1. The van der Waals surface area contributed by atoms with Crippen LogP contribution in [0.4, 0.5) is 14.5 Å². The van der Waals surface area contributed by atoms with Crippen LogP contribution >= 0.6 is 0 Å². The molecule has 1 saturated heterocycles. The van der Waals surface area contributed by atoms with Crippen LogP contribution in [0.15, 0.2) is 77.9 Å². The Morgan fingerprint density at radius 1 is 0.981 bits per heavy atom. The lowest BCUT2D eigenvalue weighted by Crippen LogP contribution is -2.29. The van der Waals surface area contributed by atoms with Crippen molar-refractivity contribution in [2.75, 3.05) is 51.9 Å². The van der Waals surface area contributed by atoms with Crippen molar-refractivity contribution in [2.45, 2.75) is 25.7 Å². The summed E-state index contributed by atoms with van der Waals surface area (Å²) in [5, 5.41) is 6.69. The first-order chi connectivity index (χ1) is 25.4. The number of amides is 1. The van der Waals surface area contributed by atoms with Gasteiger partial charge in [0.05, 0.1) is 25.8 Å². The summed E-state index contributed by atoms with van der Waals surface area (Å²) in [7, 11) is 1.54. The molecule has 2 aliphatic rings. The first-order valence-corrected chi connectivity index (χ1v) is 17.2. The number of anilines is 1. The van der Waals surface area contributed by atoms with Crippen LogP contribution < -0.4 is 35.1 Å². The second kappa shape index (κ2) is 15.8. The highest BCUT2D eigenvalue weighted by Crippen LogP contribution is 2.38. The second-order valence-electron chi connectivity index (χ2n) is 12.6. The zero-order valence-electron chi connectivity index (χ0n) is 28.6. The summed E-state index contributed by atoms with van der Waals surface area (Å²) in [5.41, 5.74) is 0.814. The van der Waals surface area contributed by atoms with Crippen molar-refractivity contribution in [3.8, 4) is 34.4 Å². The minimum absolute atomic E-state index is 0.0966. The van der Waals surface area contributed by atoms with Crippen molar-refractivity contribution in [1.82, 2.24) is 14.9 Å². The van der Waals surface area contributed by atoms with Crippen LogP contribution in [0.2, 0.25) is 0 Å². The van der Waals surface area contributed by atoms with Crippen molar-refractivity contribution in [1.29, 1.82) is 0 Å². The molecule has 0 radical (unpaired) electrons. The highest BCUT2D eigenvalue weighted by atomic mass is 19.1. The number of ether oxygens (including phenoxy) is 5. The number of aromatic nitrogens is 2. The van der Waals surface area contributed by atoms with E-state index in [2.05, 4.69) is 15.6 Å². The molecule has 11 nitrogen and oxygen atoms in total. The fourth-order valence-electron chi connectivity index (χ4n) is 6.35. The summed E-state index contributed by atoms with van der Waals surface area (Å²) >= 11 is 0. The molecule has 13 heteroatoms. The summed E-state index contributed by atoms with van der Waals surface area (Å²) in [6, 6.07) is 14.4. The van der Waals surface area contributed by atoms with E-state index in [1.165, 1.54) is 41.0 Å². The maximum absolute atomic E-state index is 15.5. The molecule has 7 rings (SSSR count). The van der Waals surface area contributed by atoms with E-state index in [0.717, 1.165) is 51.6 Å². The van der Waals surface area contributed by atoms with Crippen molar-refractivity contribution < 1.29 is 37.3 Å². The Hall–Kier alpha value is -5.53. The average Bonchev–Trinajstić information content (AvgIpc) is 3.62. The molecule has 270 valence electrons. The highest BCUT2D eigenvalue weighted by Gasteiger charge is 2.27. The molecule has 2 aromatic heterocycles. The van der Waals surface area contributed by atoms with Gasteiger partial charge >= 0.3 is 0 Å². The van der Waals surface area contributed by atoms with Gasteiger partial charge in [0.25, 0.3) is 11.5 Å². The number of nitrogens with one attached hydrogen (secondary N) is 2. The van der Waals surface area contributed by atoms with Crippen LogP contribution in [0.3, 0.4) is 0 Å². The van der Waals surface area contributed by atoms with Crippen LogP contribution in [0.25, 0.3) is 16.6 Å². The molecule has 0 saturated carbocycles. The molecule has 2 aliphatic heterocycles. The topological polar surface area (TPSA) is 122 Å². The lowest BCUT2D eigenvalue weighted by molar-refractivity contribution is 0.0662. The predicted molar refractivity (Wildman–Crippen MR) is 190 cm³/mol. The number of halogens is 2. The van der Waals surface area contributed by atoms with Gasteiger partial charge in [-0.05, 0) is 86.8 Å². The zero-order chi connectivity index (χ0) is 36.0. The normalized spacial score (nSPS) is 14.1. The van der Waals surface area contributed by atoms with Gasteiger partial charge in [-0.25, -0.2) is 8.78 Å². The van der Waals surface area contributed by atoms with Gasteiger partial charge < -0.3 is 34.3 Å². The van der Waals surface area contributed by atoms with E-state index in [4.69, 9.17) is 23.7 Å². The molecule has 0 atom stereocenters. The Balaban J connectivity index is 1.03. The summed E-state index contributed by atoms with van der Waals surface area (Å²) in [6.07, 6.45) is 6.61. The standard InChI is InChI=1S/C39H38F2N4O7/c1-48-34-20-29-31(21-35(34)50-15-2-13-42-22-24-10-16-49-17-11-24)43-14-9-32(29)52-33-8-5-27(19-30(33)41)44-38(46)36-37-25(12-18-51-37)23-45(39(36)47)28-6-3-26(40)4-7-28/h3-9,14,19-21,23-24,42H,2,10-13,15-18,22H2,1H3,(H,44,46). The molecule has 0 aliphatic carbocycles. The first kappa shape index (κ1) is 34.9. The van der Waals surface area contributed by atoms with Crippen LogP contribution in [0.1, 0.15) is 35.2 Å². The van der Waals surface area contributed by atoms with Gasteiger partial charge in [0.1, 0.15) is 22.9 Å². The van der Waals surface area contributed by atoms with Gasteiger partial charge in [-0.15, -0.1) is 0 Å². The lowest BCUT2D eigenvalue weighted by Gasteiger charge is -2.22. The second-order valence-corrected chi connectivity index (χ2v) is 12.6. The summed E-state index contributed by atoms with van der Waals surface area (Å²) in [6.45, 7) is 4.25. The number of pyridine rings is 2. The van der Waals surface area contributed by atoms with Gasteiger partial charge in [-0.2, -0.15) is 0 Å². The van der Waals surface area contributed by atoms with E-state index in [0.29, 0.717) is 65.0 Å². The van der Waals surface area contributed by atoms with E-state index in [9.17, 15) is 14.0 Å². The molecule has 0 bridgehead atoms. The first-order valence-electron chi connectivity index (χ1n) is 17.2. The number of hydrogen-bond donors (Lipinski definition) is 2. The Labute approximate surface area is 298 Å². The third kappa shape index (κ3) is 7.70. The summed E-state index contributed by atoms with van der Waals surface area (Å²) in [4.78, 5) is 31.4. The van der Waals surface area contributed by atoms with Crippen LogP contribution in [0.5, 0.6) is 28.7 Å². The quantitative estimate of drug-likeness (QED) is 0.133. The van der Waals surface area contributed by atoms with Gasteiger partial charge in [0.15, 0.2) is 23.1 Å². The number of nitrogens with zero attached hydrogens (tertiary/aromatic N) is 2. The van der Waals surface area contributed by atoms with E-state index < -0.39 is 23.1 Å². The van der Waals surface area contributed by atoms with Gasteiger partial charge in [0.2, 0.25) is 0 Å². The highest BCUT2D eigenvalue weighted by molar-refractivity contribution is 6.06. The monoisotopic (exact) mass is 712 g/mol. The number of benzene rings is 3. The largest absolute Gasteiger partial charge is 0.493 e. The average molecular weight is 713 g/mol. The Kier molecular flexibility index (Phi) is 10.6. The molecule has 0 spiro atoms. The van der Waals surface area contributed by atoms with Crippen LogP contribution in [-0.4, -0.2) is 62.1 Å². The number of hydrogen-bond acceptors (Lipinski definition) is 9. The van der Waals surface area contributed by atoms with Crippen LogP contribution in [0, 0.1) is 17.6 Å². The third-order valence-corrected chi connectivity index (χ3v) is 9.11. The third-order valence-electron chi connectivity index (χ3n) is 9.11. The molecule has 1 fully saturated rings. The van der Waals surface area contributed by atoms with Gasteiger partial charge in [-0.3, -0.25) is 19.1 Å². The minimum Gasteiger partial charge on any atom is -0.493 e. The number of methoxy groups -OCH3 is 1. The van der Waals surface area contributed by atoms with Crippen molar-refractivity contribution >= 4 is 22.5 Å². The Morgan fingerprint density at radius 3 is 2.60 bits per heavy atom. The molecule has 4 heterocycles. The van der Waals surface area contributed by atoms with Gasteiger partial charge in [0, 0.05) is 66.5 Å². The fourth-order valence-corrected chi connectivity index (χ4v) is 6.35. The number of fused-ring (bicyclic) bond motifs is 2.